The molecule has 0 N–H and O–H groups in total. The molecule has 0 heterocycles. The molecule has 1 saturated carbocycles. The van der Waals surface area contributed by atoms with E-state index in [-0.39, 0.29) is 0 Å². The van der Waals surface area contributed by atoms with Crippen LogP contribution < -0.4 is 0 Å². The van der Waals surface area contributed by atoms with Crippen LogP contribution in [-0.2, 0) is 4.79 Å². The standard InChI is InChI=1S/C10H16OS/c1-2-7-12-8-9-5-3-4-6-10(9)11/h8H,2-7H2,1H3/b9-8+. The van der Waals surface area contributed by atoms with Crippen molar-refractivity contribution < 1.29 is 4.79 Å². The van der Waals surface area contributed by atoms with E-state index in [2.05, 4.69) is 12.3 Å². The molecule has 1 fully saturated rings. The Morgan fingerprint density at radius 3 is 2.83 bits per heavy atom. The maximum Gasteiger partial charge on any atom is 0.159 e. The van der Waals surface area contributed by atoms with E-state index in [0.717, 1.165) is 30.6 Å². The topological polar surface area (TPSA) is 17.1 Å². The molecule has 0 aromatic rings. The second-order valence-electron chi connectivity index (χ2n) is 3.14. The molecule has 0 aromatic carbocycles. The molecule has 0 aliphatic heterocycles. The first-order chi connectivity index (χ1) is 5.84. The van der Waals surface area contributed by atoms with E-state index in [0.29, 0.717) is 5.78 Å². The maximum atomic E-state index is 11.3. The van der Waals surface area contributed by atoms with E-state index < -0.39 is 0 Å². The number of rotatable bonds is 3. The van der Waals surface area contributed by atoms with Gasteiger partial charge in [-0.15, -0.1) is 11.8 Å². The molecule has 1 nitrogen and oxygen atoms in total. The summed E-state index contributed by atoms with van der Waals surface area (Å²) < 4.78 is 0. The minimum atomic E-state index is 0.379. The first-order valence-corrected chi connectivity index (χ1v) is 5.73. The van der Waals surface area contributed by atoms with Crippen molar-refractivity contribution in [2.75, 3.05) is 5.75 Å². The Morgan fingerprint density at radius 2 is 2.17 bits per heavy atom. The summed E-state index contributed by atoms with van der Waals surface area (Å²) in [6.45, 7) is 2.16. The zero-order chi connectivity index (χ0) is 8.81. The Bertz CT molecular complexity index is 184. The van der Waals surface area contributed by atoms with Gasteiger partial charge < -0.3 is 0 Å². The molecule has 1 rings (SSSR count). The number of allylic oxidation sites excluding steroid dienone is 1. The van der Waals surface area contributed by atoms with E-state index in [1.54, 1.807) is 11.8 Å². The minimum Gasteiger partial charge on any atom is -0.295 e. The van der Waals surface area contributed by atoms with E-state index in [9.17, 15) is 4.79 Å². The van der Waals surface area contributed by atoms with Crippen molar-refractivity contribution in [1.82, 2.24) is 0 Å². The zero-order valence-corrected chi connectivity index (χ0v) is 8.45. The summed E-state index contributed by atoms with van der Waals surface area (Å²) in [5.74, 6) is 1.52. The van der Waals surface area contributed by atoms with Gasteiger partial charge in [0.05, 0.1) is 0 Å². The Kier molecular flexibility index (Phi) is 4.44. The molecule has 1 aliphatic rings. The van der Waals surface area contributed by atoms with Crippen molar-refractivity contribution in [1.29, 1.82) is 0 Å². The van der Waals surface area contributed by atoms with Crippen molar-refractivity contribution >= 4 is 17.5 Å². The van der Waals surface area contributed by atoms with Gasteiger partial charge in [-0.2, -0.15) is 0 Å². The fraction of sp³-hybridized carbons (Fsp3) is 0.700. The molecule has 0 aromatic heterocycles. The van der Waals surface area contributed by atoms with Crippen LogP contribution >= 0.6 is 11.8 Å². The van der Waals surface area contributed by atoms with Gasteiger partial charge in [0.1, 0.15) is 0 Å². The molecular weight excluding hydrogens is 168 g/mol. The highest BCUT2D eigenvalue weighted by atomic mass is 32.2. The average molecular weight is 184 g/mol. The van der Waals surface area contributed by atoms with Crippen LogP contribution in [0.5, 0.6) is 0 Å². The summed E-state index contributed by atoms with van der Waals surface area (Å²) in [5, 5.41) is 2.07. The Hall–Kier alpha value is -0.240. The molecular formula is C10H16OS. The molecule has 2 heteroatoms. The fourth-order valence-corrected chi connectivity index (χ4v) is 2.11. The average Bonchev–Trinajstić information content (AvgIpc) is 2.09. The molecule has 0 amide bonds. The number of hydrogen-bond acceptors (Lipinski definition) is 2. The second-order valence-corrected chi connectivity index (χ2v) is 4.12. The third-order valence-electron chi connectivity index (χ3n) is 2.01. The number of Topliss-reactive ketones (excluding diaryl/α,β-unsaturated/α-hetero) is 1. The van der Waals surface area contributed by atoms with Crippen molar-refractivity contribution in [3.63, 3.8) is 0 Å². The molecule has 0 atom stereocenters. The third-order valence-corrected chi connectivity index (χ3v) is 3.10. The van der Waals surface area contributed by atoms with Gasteiger partial charge in [-0.05, 0) is 36.8 Å². The van der Waals surface area contributed by atoms with Gasteiger partial charge in [0.25, 0.3) is 0 Å². The first kappa shape index (κ1) is 9.85. The highest BCUT2D eigenvalue weighted by Crippen LogP contribution is 2.22. The first-order valence-electron chi connectivity index (χ1n) is 4.68. The van der Waals surface area contributed by atoms with Crippen molar-refractivity contribution in [2.45, 2.75) is 39.0 Å². The molecule has 0 radical (unpaired) electrons. The predicted molar refractivity (Wildman–Crippen MR) is 54.3 cm³/mol. The predicted octanol–water partition coefficient (Wildman–Crippen LogP) is 3.16. The summed E-state index contributed by atoms with van der Waals surface area (Å²) in [7, 11) is 0. The van der Waals surface area contributed by atoms with Crippen molar-refractivity contribution in [2.24, 2.45) is 0 Å². The molecule has 12 heavy (non-hydrogen) atoms. The summed E-state index contributed by atoms with van der Waals surface area (Å²) in [6, 6.07) is 0. The Labute approximate surface area is 78.6 Å². The van der Waals surface area contributed by atoms with E-state index >= 15 is 0 Å². The summed E-state index contributed by atoms with van der Waals surface area (Å²) in [6.07, 6.45) is 5.26. The van der Waals surface area contributed by atoms with Crippen LogP contribution in [0.25, 0.3) is 0 Å². The third kappa shape index (κ3) is 3.02. The normalized spacial score (nSPS) is 21.8. The number of ketones is 1. The van der Waals surface area contributed by atoms with E-state index in [4.69, 9.17) is 0 Å². The van der Waals surface area contributed by atoms with Crippen LogP contribution in [0.3, 0.4) is 0 Å². The smallest absolute Gasteiger partial charge is 0.159 e. The van der Waals surface area contributed by atoms with Gasteiger partial charge in [-0.25, -0.2) is 0 Å². The molecule has 1 aliphatic carbocycles. The van der Waals surface area contributed by atoms with E-state index in [1.165, 1.54) is 12.8 Å². The Balaban J connectivity index is 2.36. The number of hydrogen-bond donors (Lipinski definition) is 0. The largest absolute Gasteiger partial charge is 0.295 e. The molecule has 0 spiro atoms. The van der Waals surface area contributed by atoms with E-state index in [1.807, 2.05) is 0 Å². The minimum absolute atomic E-state index is 0.379. The second kappa shape index (κ2) is 5.41. The van der Waals surface area contributed by atoms with Gasteiger partial charge in [0.2, 0.25) is 0 Å². The van der Waals surface area contributed by atoms with Crippen LogP contribution in [0.15, 0.2) is 11.0 Å². The van der Waals surface area contributed by atoms with Gasteiger partial charge in [0.15, 0.2) is 5.78 Å². The lowest BCUT2D eigenvalue weighted by Crippen LogP contribution is -2.07. The van der Waals surface area contributed by atoms with Crippen LogP contribution in [0.4, 0.5) is 0 Å². The van der Waals surface area contributed by atoms with Crippen LogP contribution in [0.2, 0.25) is 0 Å². The SMILES string of the molecule is CCCS/C=C1\CCCCC1=O. The van der Waals surface area contributed by atoms with Gasteiger partial charge >= 0.3 is 0 Å². The molecule has 0 bridgehead atoms. The highest BCUT2D eigenvalue weighted by Gasteiger charge is 2.13. The zero-order valence-electron chi connectivity index (χ0n) is 7.64. The van der Waals surface area contributed by atoms with Gasteiger partial charge in [0, 0.05) is 12.0 Å². The van der Waals surface area contributed by atoms with Crippen LogP contribution in [0, 0.1) is 0 Å². The number of carbonyl (C=O) groups is 1. The lowest BCUT2D eigenvalue weighted by molar-refractivity contribution is -0.116. The number of thioether (sulfide) groups is 1. The van der Waals surface area contributed by atoms with Crippen molar-refractivity contribution in [3.05, 3.63) is 11.0 Å². The van der Waals surface area contributed by atoms with Crippen LogP contribution in [-0.4, -0.2) is 11.5 Å². The fourth-order valence-electron chi connectivity index (χ4n) is 1.30. The highest BCUT2D eigenvalue weighted by molar-refractivity contribution is 8.02. The summed E-state index contributed by atoms with van der Waals surface area (Å²) in [5.41, 5.74) is 1.07. The van der Waals surface area contributed by atoms with Crippen molar-refractivity contribution in [3.8, 4) is 0 Å². The molecule has 0 saturated heterocycles. The van der Waals surface area contributed by atoms with Gasteiger partial charge in [-0.3, -0.25) is 4.79 Å². The van der Waals surface area contributed by atoms with Crippen LogP contribution in [0.1, 0.15) is 39.0 Å². The quantitative estimate of drug-likeness (QED) is 0.495. The monoisotopic (exact) mass is 184 g/mol. The molecule has 68 valence electrons. The maximum absolute atomic E-state index is 11.3. The van der Waals surface area contributed by atoms with Gasteiger partial charge in [-0.1, -0.05) is 6.92 Å². The Morgan fingerprint density at radius 1 is 1.42 bits per heavy atom. The number of carbonyl (C=O) groups excluding carboxylic acids is 1. The summed E-state index contributed by atoms with van der Waals surface area (Å²) >= 11 is 1.78. The molecule has 0 unspecified atom stereocenters. The lowest BCUT2D eigenvalue weighted by Gasteiger charge is -2.11. The lowest BCUT2D eigenvalue weighted by atomic mass is 9.95. The summed E-state index contributed by atoms with van der Waals surface area (Å²) in [4.78, 5) is 11.3.